The van der Waals surface area contributed by atoms with Crippen molar-refractivity contribution in [1.29, 1.82) is 0 Å². The zero-order valence-corrected chi connectivity index (χ0v) is 13.4. The summed E-state index contributed by atoms with van der Waals surface area (Å²) in [5.74, 6) is 1.55. The molecule has 4 nitrogen and oxygen atoms in total. The number of hydrogen-bond acceptors (Lipinski definition) is 3. The molecule has 1 aliphatic rings. The molecule has 1 saturated heterocycles. The lowest BCUT2D eigenvalue weighted by Gasteiger charge is -2.31. The molecule has 0 bridgehead atoms. The highest BCUT2D eigenvalue weighted by Crippen LogP contribution is 2.26. The maximum absolute atomic E-state index is 12.3. The first-order chi connectivity index (χ1) is 9.63. The number of carbonyl (C=O) groups is 1. The molecule has 1 aromatic rings. The van der Waals surface area contributed by atoms with Crippen molar-refractivity contribution >= 4 is 21.8 Å². The van der Waals surface area contributed by atoms with Gasteiger partial charge in [0.05, 0.1) is 18.0 Å². The van der Waals surface area contributed by atoms with Gasteiger partial charge in [0.1, 0.15) is 5.75 Å². The molecule has 1 aliphatic heterocycles. The van der Waals surface area contributed by atoms with Crippen molar-refractivity contribution in [2.24, 2.45) is 11.7 Å². The Morgan fingerprint density at radius 2 is 2.15 bits per heavy atom. The Morgan fingerprint density at radius 3 is 2.70 bits per heavy atom. The second-order valence-corrected chi connectivity index (χ2v) is 6.06. The number of nitrogens with two attached hydrogens (primary N) is 1. The zero-order chi connectivity index (χ0) is 14.5. The number of benzene rings is 1. The summed E-state index contributed by atoms with van der Waals surface area (Å²) in [5, 5.41) is 0. The maximum atomic E-state index is 12.3. The van der Waals surface area contributed by atoms with E-state index in [-0.39, 0.29) is 5.91 Å². The number of amides is 1. The number of nitrogens with zero attached hydrogens (tertiary/aromatic N) is 1. The van der Waals surface area contributed by atoms with Crippen LogP contribution < -0.4 is 10.5 Å². The predicted molar refractivity (Wildman–Crippen MR) is 82.8 cm³/mol. The van der Waals surface area contributed by atoms with Crippen molar-refractivity contribution in [2.75, 3.05) is 26.7 Å². The molecule has 0 unspecified atom stereocenters. The van der Waals surface area contributed by atoms with Crippen LogP contribution in [0.25, 0.3) is 0 Å². The number of ether oxygens (including phenoxy) is 1. The molecule has 5 heteroatoms. The number of carbonyl (C=O) groups excluding carboxylic acids is 1. The largest absolute Gasteiger partial charge is 0.496 e. The van der Waals surface area contributed by atoms with Crippen LogP contribution in [0, 0.1) is 5.92 Å². The van der Waals surface area contributed by atoms with E-state index in [1.54, 1.807) is 7.11 Å². The third kappa shape index (κ3) is 3.73. The fraction of sp³-hybridized carbons (Fsp3) is 0.533. The van der Waals surface area contributed by atoms with Crippen LogP contribution in [-0.4, -0.2) is 37.6 Å². The van der Waals surface area contributed by atoms with Gasteiger partial charge < -0.3 is 15.4 Å². The lowest BCUT2D eigenvalue weighted by molar-refractivity contribution is -0.131. The minimum atomic E-state index is 0.192. The van der Waals surface area contributed by atoms with E-state index in [2.05, 4.69) is 15.9 Å². The van der Waals surface area contributed by atoms with Crippen LogP contribution in [0.3, 0.4) is 0 Å². The van der Waals surface area contributed by atoms with Gasteiger partial charge in [-0.3, -0.25) is 4.79 Å². The number of hydrogen-bond donors (Lipinski definition) is 1. The zero-order valence-electron chi connectivity index (χ0n) is 11.8. The van der Waals surface area contributed by atoms with E-state index >= 15 is 0 Å². The van der Waals surface area contributed by atoms with Gasteiger partial charge in [0.15, 0.2) is 0 Å². The van der Waals surface area contributed by atoms with E-state index in [1.165, 1.54) is 0 Å². The molecular weight excluding hydrogens is 320 g/mol. The molecule has 0 radical (unpaired) electrons. The topological polar surface area (TPSA) is 55.6 Å². The molecule has 0 aliphatic carbocycles. The van der Waals surface area contributed by atoms with Gasteiger partial charge in [-0.05, 0) is 58.9 Å². The molecule has 1 aromatic carbocycles. The Morgan fingerprint density at radius 1 is 1.45 bits per heavy atom. The smallest absolute Gasteiger partial charge is 0.226 e. The average molecular weight is 341 g/mol. The van der Waals surface area contributed by atoms with Crippen LogP contribution in [0.4, 0.5) is 0 Å². The van der Waals surface area contributed by atoms with Crippen LogP contribution >= 0.6 is 15.9 Å². The Kier molecular flexibility index (Phi) is 5.43. The van der Waals surface area contributed by atoms with E-state index < -0.39 is 0 Å². The van der Waals surface area contributed by atoms with E-state index in [9.17, 15) is 4.79 Å². The standard InChI is InChI=1S/C15H21BrN2O2/c1-20-14-3-2-12(8-13(14)16)9-15(19)18-6-4-11(10-17)5-7-18/h2-3,8,11H,4-7,9-10,17H2,1H3. The van der Waals surface area contributed by atoms with Gasteiger partial charge in [-0.15, -0.1) is 0 Å². The van der Waals surface area contributed by atoms with Gasteiger partial charge in [0, 0.05) is 13.1 Å². The number of piperidine rings is 1. The first-order valence-corrected chi connectivity index (χ1v) is 7.73. The van der Waals surface area contributed by atoms with Crippen LogP contribution in [0.1, 0.15) is 18.4 Å². The fourth-order valence-electron chi connectivity index (χ4n) is 2.52. The normalized spacial score (nSPS) is 16.2. The van der Waals surface area contributed by atoms with Crippen molar-refractivity contribution in [1.82, 2.24) is 4.90 Å². The van der Waals surface area contributed by atoms with Crippen LogP contribution in [0.2, 0.25) is 0 Å². The van der Waals surface area contributed by atoms with Crippen molar-refractivity contribution < 1.29 is 9.53 Å². The molecule has 0 spiro atoms. The highest BCUT2D eigenvalue weighted by molar-refractivity contribution is 9.10. The van der Waals surface area contributed by atoms with E-state index in [4.69, 9.17) is 10.5 Å². The van der Waals surface area contributed by atoms with Crippen LogP contribution in [-0.2, 0) is 11.2 Å². The number of methoxy groups -OCH3 is 1. The highest BCUT2D eigenvalue weighted by atomic mass is 79.9. The van der Waals surface area contributed by atoms with Crippen molar-refractivity contribution in [3.8, 4) is 5.75 Å². The molecule has 0 saturated carbocycles. The lowest BCUT2D eigenvalue weighted by Crippen LogP contribution is -2.40. The highest BCUT2D eigenvalue weighted by Gasteiger charge is 2.22. The summed E-state index contributed by atoms with van der Waals surface area (Å²) in [6.07, 6.45) is 2.49. The van der Waals surface area contributed by atoms with Crippen molar-refractivity contribution in [3.05, 3.63) is 28.2 Å². The number of rotatable bonds is 4. The summed E-state index contributed by atoms with van der Waals surface area (Å²) >= 11 is 3.45. The fourth-order valence-corrected chi connectivity index (χ4v) is 3.11. The van der Waals surface area contributed by atoms with Gasteiger partial charge in [0.25, 0.3) is 0 Å². The van der Waals surface area contributed by atoms with Gasteiger partial charge in [0.2, 0.25) is 5.91 Å². The van der Waals surface area contributed by atoms with Gasteiger partial charge in [-0.25, -0.2) is 0 Å². The van der Waals surface area contributed by atoms with Crippen molar-refractivity contribution in [3.63, 3.8) is 0 Å². The minimum Gasteiger partial charge on any atom is -0.496 e. The molecule has 1 amide bonds. The summed E-state index contributed by atoms with van der Waals surface area (Å²) in [4.78, 5) is 14.2. The van der Waals surface area contributed by atoms with Gasteiger partial charge >= 0.3 is 0 Å². The van der Waals surface area contributed by atoms with Crippen LogP contribution in [0.5, 0.6) is 5.75 Å². The Bertz CT molecular complexity index is 471. The Labute approximate surface area is 128 Å². The molecule has 0 atom stereocenters. The van der Waals surface area contributed by atoms with Gasteiger partial charge in [-0.1, -0.05) is 6.07 Å². The van der Waals surface area contributed by atoms with Crippen LogP contribution in [0.15, 0.2) is 22.7 Å². The molecule has 1 heterocycles. The van der Waals surface area contributed by atoms with Crippen molar-refractivity contribution in [2.45, 2.75) is 19.3 Å². The van der Waals surface area contributed by atoms with E-state index in [0.717, 1.165) is 48.3 Å². The number of halogens is 1. The van der Waals surface area contributed by atoms with Gasteiger partial charge in [-0.2, -0.15) is 0 Å². The molecule has 110 valence electrons. The second-order valence-electron chi connectivity index (χ2n) is 5.21. The summed E-state index contributed by atoms with van der Waals surface area (Å²) in [7, 11) is 1.63. The van der Waals surface area contributed by atoms with E-state index in [0.29, 0.717) is 12.3 Å². The molecule has 2 N–H and O–H groups in total. The molecular formula is C15H21BrN2O2. The maximum Gasteiger partial charge on any atom is 0.226 e. The van der Waals surface area contributed by atoms with E-state index in [1.807, 2.05) is 23.1 Å². The SMILES string of the molecule is COc1ccc(CC(=O)N2CCC(CN)CC2)cc1Br. The molecule has 20 heavy (non-hydrogen) atoms. The molecule has 0 aromatic heterocycles. The lowest BCUT2D eigenvalue weighted by atomic mass is 9.96. The monoisotopic (exact) mass is 340 g/mol. The second kappa shape index (κ2) is 7.09. The predicted octanol–water partition coefficient (Wildman–Crippen LogP) is 2.20. The quantitative estimate of drug-likeness (QED) is 0.914. The summed E-state index contributed by atoms with van der Waals surface area (Å²) < 4.78 is 6.07. The molecule has 2 rings (SSSR count). The summed E-state index contributed by atoms with van der Waals surface area (Å²) in [6, 6.07) is 5.77. The minimum absolute atomic E-state index is 0.192. The first-order valence-electron chi connectivity index (χ1n) is 6.94. The number of likely N-dealkylation sites (tertiary alicyclic amines) is 1. The molecule has 1 fully saturated rings. The Balaban J connectivity index is 1.93. The summed E-state index contributed by atoms with van der Waals surface area (Å²) in [5.41, 5.74) is 6.68. The average Bonchev–Trinajstić information content (AvgIpc) is 2.47. The third-order valence-corrected chi connectivity index (χ3v) is 4.49. The third-order valence-electron chi connectivity index (χ3n) is 3.87. The Hall–Kier alpha value is -1.07. The summed E-state index contributed by atoms with van der Waals surface area (Å²) in [6.45, 7) is 2.39. The first kappa shape index (κ1) is 15.3.